The van der Waals surface area contributed by atoms with Crippen LogP contribution in [0.2, 0.25) is 0 Å². The number of hydrogen-bond donors (Lipinski definition) is 2. The van der Waals surface area contributed by atoms with Gasteiger partial charge < -0.3 is 15.3 Å². The molecule has 1 unspecified atom stereocenters. The van der Waals surface area contributed by atoms with Crippen LogP contribution in [-0.4, -0.2) is 42.2 Å². The SMILES string of the molecule is O=C(c1cccc2c1NCCC2)N1CCC(CCO)C1. The molecule has 0 spiro atoms. The van der Waals surface area contributed by atoms with E-state index in [4.69, 9.17) is 5.11 Å². The smallest absolute Gasteiger partial charge is 0.255 e. The average Bonchev–Trinajstić information content (AvgIpc) is 2.95. The molecule has 2 aliphatic rings. The van der Waals surface area contributed by atoms with Crippen molar-refractivity contribution >= 4 is 11.6 Å². The molecule has 1 saturated heterocycles. The molecule has 1 aromatic rings. The highest BCUT2D eigenvalue weighted by Gasteiger charge is 2.28. The predicted molar refractivity (Wildman–Crippen MR) is 79.0 cm³/mol. The second kappa shape index (κ2) is 5.83. The van der Waals surface area contributed by atoms with Crippen LogP contribution in [0.1, 0.15) is 35.2 Å². The first-order valence-corrected chi connectivity index (χ1v) is 7.55. The third-order valence-corrected chi connectivity index (χ3v) is 4.42. The van der Waals surface area contributed by atoms with Crippen LogP contribution in [0.15, 0.2) is 18.2 Å². The van der Waals surface area contributed by atoms with Crippen molar-refractivity contribution < 1.29 is 9.90 Å². The lowest BCUT2D eigenvalue weighted by Crippen LogP contribution is -2.30. The number of likely N-dealkylation sites (tertiary alicyclic amines) is 1. The Morgan fingerprint density at radius 2 is 2.35 bits per heavy atom. The second-order valence-electron chi connectivity index (χ2n) is 5.79. The fourth-order valence-corrected chi connectivity index (χ4v) is 3.29. The van der Waals surface area contributed by atoms with E-state index in [9.17, 15) is 4.79 Å². The first kappa shape index (κ1) is 13.4. The molecule has 4 nitrogen and oxygen atoms in total. The first-order valence-electron chi connectivity index (χ1n) is 7.55. The van der Waals surface area contributed by atoms with Crippen molar-refractivity contribution in [1.29, 1.82) is 0 Å². The van der Waals surface area contributed by atoms with Crippen LogP contribution in [0.3, 0.4) is 0 Å². The van der Waals surface area contributed by atoms with Gasteiger partial charge in [0.1, 0.15) is 0 Å². The lowest BCUT2D eigenvalue weighted by atomic mass is 9.99. The molecule has 0 radical (unpaired) electrons. The molecule has 1 aromatic carbocycles. The number of para-hydroxylation sites is 1. The van der Waals surface area contributed by atoms with E-state index in [1.165, 1.54) is 5.56 Å². The van der Waals surface area contributed by atoms with Gasteiger partial charge in [-0.05, 0) is 43.2 Å². The number of nitrogens with zero attached hydrogens (tertiary/aromatic N) is 1. The molecule has 0 bridgehead atoms. The van der Waals surface area contributed by atoms with Gasteiger partial charge in [0.05, 0.1) is 11.3 Å². The highest BCUT2D eigenvalue weighted by atomic mass is 16.3. The van der Waals surface area contributed by atoms with Crippen LogP contribution < -0.4 is 5.32 Å². The van der Waals surface area contributed by atoms with E-state index in [2.05, 4.69) is 11.4 Å². The Morgan fingerprint density at radius 1 is 1.45 bits per heavy atom. The monoisotopic (exact) mass is 274 g/mol. The Labute approximate surface area is 119 Å². The van der Waals surface area contributed by atoms with Crippen molar-refractivity contribution in [3.05, 3.63) is 29.3 Å². The number of carbonyl (C=O) groups is 1. The van der Waals surface area contributed by atoms with Crippen LogP contribution in [0, 0.1) is 5.92 Å². The van der Waals surface area contributed by atoms with Gasteiger partial charge in [0, 0.05) is 26.2 Å². The molecule has 2 aliphatic heterocycles. The van der Waals surface area contributed by atoms with E-state index in [0.29, 0.717) is 5.92 Å². The van der Waals surface area contributed by atoms with E-state index in [1.807, 2.05) is 17.0 Å². The van der Waals surface area contributed by atoms with Gasteiger partial charge in [0.25, 0.3) is 5.91 Å². The molecule has 0 saturated carbocycles. The summed E-state index contributed by atoms with van der Waals surface area (Å²) in [6, 6.07) is 6.02. The second-order valence-corrected chi connectivity index (χ2v) is 5.79. The van der Waals surface area contributed by atoms with E-state index in [1.54, 1.807) is 0 Å². The maximum Gasteiger partial charge on any atom is 0.255 e. The summed E-state index contributed by atoms with van der Waals surface area (Å²) in [7, 11) is 0. The number of aliphatic hydroxyl groups excluding tert-OH is 1. The standard InChI is InChI=1S/C16H22N2O2/c19-10-7-12-6-9-18(11-12)16(20)14-5-1-3-13-4-2-8-17-15(13)14/h1,3,5,12,17,19H,2,4,6-11H2. The highest BCUT2D eigenvalue weighted by Crippen LogP contribution is 2.29. The van der Waals surface area contributed by atoms with E-state index < -0.39 is 0 Å². The number of rotatable bonds is 3. The number of hydrogen-bond acceptors (Lipinski definition) is 3. The van der Waals surface area contributed by atoms with Gasteiger partial charge in [-0.25, -0.2) is 0 Å². The number of amides is 1. The van der Waals surface area contributed by atoms with Gasteiger partial charge in [-0.15, -0.1) is 0 Å². The van der Waals surface area contributed by atoms with Crippen LogP contribution in [0.5, 0.6) is 0 Å². The number of aryl methyl sites for hydroxylation is 1. The zero-order chi connectivity index (χ0) is 13.9. The average molecular weight is 274 g/mol. The van der Waals surface area contributed by atoms with Gasteiger partial charge in [-0.3, -0.25) is 4.79 Å². The van der Waals surface area contributed by atoms with Crippen molar-refractivity contribution in [3.8, 4) is 0 Å². The normalized spacial score (nSPS) is 21.4. The minimum absolute atomic E-state index is 0.136. The maximum absolute atomic E-state index is 12.7. The lowest BCUT2D eigenvalue weighted by molar-refractivity contribution is 0.0785. The van der Waals surface area contributed by atoms with Gasteiger partial charge in [-0.2, -0.15) is 0 Å². The highest BCUT2D eigenvalue weighted by molar-refractivity contribution is 6.00. The number of nitrogens with one attached hydrogen (secondary N) is 1. The molecule has 1 atom stereocenters. The Bertz CT molecular complexity index is 501. The summed E-state index contributed by atoms with van der Waals surface area (Å²) in [6.45, 7) is 2.76. The summed E-state index contributed by atoms with van der Waals surface area (Å²) in [5.41, 5.74) is 3.11. The summed E-state index contributed by atoms with van der Waals surface area (Å²) in [6.07, 6.45) is 3.99. The maximum atomic E-state index is 12.7. The molecule has 0 aliphatic carbocycles. The first-order chi connectivity index (χ1) is 9.79. The zero-order valence-corrected chi connectivity index (χ0v) is 11.8. The minimum Gasteiger partial charge on any atom is -0.396 e. The van der Waals surface area contributed by atoms with Crippen molar-refractivity contribution in [3.63, 3.8) is 0 Å². The third kappa shape index (κ3) is 2.52. The number of anilines is 1. The molecule has 4 heteroatoms. The fourth-order valence-electron chi connectivity index (χ4n) is 3.29. The molecular weight excluding hydrogens is 252 g/mol. The van der Waals surface area contributed by atoms with E-state index in [-0.39, 0.29) is 12.5 Å². The Balaban J connectivity index is 1.78. The molecule has 0 aromatic heterocycles. The molecule has 108 valence electrons. The summed E-state index contributed by atoms with van der Waals surface area (Å²) in [5, 5.41) is 12.4. The predicted octanol–water partition coefficient (Wildman–Crippen LogP) is 1.89. The zero-order valence-electron chi connectivity index (χ0n) is 11.8. The van der Waals surface area contributed by atoms with Crippen molar-refractivity contribution in [1.82, 2.24) is 4.90 Å². The van der Waals surface area contributed by atoms with Crippen molar-refractivity contribution in [2.75, 3.05) is 31.6 Å². The molecule has 1 amide bonds. The number of aliphatic hydroxyl groups is 1. The Morgan fingerprint density at radius 3 is 3.20 bits per heavy atom. The molecule has 1 fully saturated rings. The van der Waals surface area contributed by atoms with Gasteiger partial charge in [0.2, 0.25) is 0 Å². The van der Waals surface area contributed by atoms with Gasteiger partial charge >= 0.3 is 0 Å². The molecule has 20 heavy (non-hydrogen) atoms. The minimum atomic E-state index is 0.136. The lowest BCUT2D eigenvalue weighted by Gasteiger charge is -2.23. The quantitative estimate of drug-likeness (QED) is 0.885. The number of fused-ring (bicyclic) bond motifs is 1. The van der Waals surface area contributed by atoms with E-state index in [0.717, 1.165) is 56.6 Å². The summed E-state index contributed by atoms with van der Waals surface area (Å²) >= 11 is 0. The summed E-state index contributed by atoms with van der Waals surface area (Å²) < 4.78 is 0. The largest absolute Gasteiger partial charge is 0.396 e. The fraction of sp³-hybridized carbons (Fsp3) is 0.562. The van der Waals surface area contributed by atoms with Crippen LogP contribution in [0.25, 0.3) is 0 Å². The van der Waals surface area contributed by atoms with Crippen molar-refractivity contribution in [2.24, 2.45) is 5.92 Å². The Hall–Kier alpha value is -1.55. The number of benzene rings is 1. The third-order valence-electron chi connectivity index (χ3n) is 4.42. The summed E-state index contributed by atoms with van der Waals surface area (Å²) in [5.74, 6) is 0.591. The van der Waals surface area contributed by atoms with E-state index >= 15 is 0 Å². The Kier molecular flexibility index (Phi) is 3.92. The van der Waals surface area contributed by atoms with Crippen LogP contribution in [-0.2, 0) is 6.42 Å². The molecular formula is C16H22N2O2. The van der Waals surface area contributed by atoms with Gasteiger partial charge in [0.15, 0.2) is 0 Å². The van der Waals surface area contributed by atoms with Gasteiger partial charge in [-0.1, -0.05) is 12.1 Å². The molecule has 2 N–H and O–H groups in total. The summed E-state index contributed by atoms with van der Waals surface area (Å²) in [4.78, 5) is 14.6. The topological polar surface area (TPSA) is 52.6 Å². The van der Waals surface area contributed by atoms with Crippen LogP contribution >= 0.6 is 0 Å². The van der Waals surface area contributed by atoms with Crippen LogP contribution in [0.4, 0.5) is 5.69 Å². The molecule has 3 rings (SSSR count). The number of carbonyl (C=O) groups excluding carboxylic acids is 1. The van der Waals surface area contributed by atoms with Crippen molar-refractivity contribution in [2.45, 2.75) is 25.7 Å². The molecule has 2 heterocycles.